The lowest BCUT2D eigenvalue weighted by Gasteiger charge is -2.19. The van der Waals surface area contributed by atoms with Crippen molar-refractivity contribution in [3.63, 3.8) is 0 Å². The Balaban J connectivity index is 1.94. The van der Waals surface area contributed by atoms with Crippen molar-refractivity contribution >= 4 is 23.5 Å². The number of carboxylic acid groups (broad SMARTS) is 1. The van der Waals surface area contributed by atoms with Crippen LogP contribution in [0.1, 0.15) is 29.0 Å². The van der Waals surface area contributed by atoms with E-state index in [2.05, 4.69) is 10.3 Å². The van der Waals surface area contributed by atoms with Crippen molar-refractivity contribution in [3.8, 4) is 5.69 Å². The third-order valence-corrected chi connectivity index (χ3v) is 4.02. The van der Waals surface area contributed by atoms with Crippen LogP contribution < -0.4 is 0 Å². The van der Waals surface area contributed by atoms with E-state index in [1.807, 2.05) is 0 Å². The Morgan fingerprint density at radius 1 is 1.46 bits per heavy atom. The molecule has 1 amide bonds. The van der Waals surface area contributed by atoms with Crippen LogP contribution in [0.15, 0.2) is 18.2 Å². The number of nitrogens with zero attached hydrogens (tertiary/aromatic N) is 4. The van der Waals surface area contributed by atoms with Crippen molar-refractivity contribution in [1.82, 2.24) is 19.9 Å². The lowest BCUT2D eigenvalue weighted by Crippen LogP contribution is -2.38. The molecule has 2 aromatic rings. The monoisotopic (exact) mass is 352 g/mol. The zero-order valence-corrected chi connectivity index (χ0v) is 13.5. The van der Waals surface area contributed by atoms with E-state index in [0.29, 0.717) is 5.69 Å². The fraction of sp³-hybridized carbons (Fsp3) is 0.333. The number of hydrogen-bond donors (Lipinski definition) is 1. The molecule has 1 aliphatic carbocycles. The maximum Gasteiger partial charge on any atom is 0.323 e. The van der Waals surface area contributed by atoms with Gasteiger partial charge in [-0.3, -0.25) is 9.59 Å². The summed E-state index contributed by atoms with van der Waals surface area (Å²) in [6.07, 6.45) is 1.52. The van der Waals surface area contributed by atoms with Crippen LogP contribution in [0.25, 0.3) is 5.69 Å². The maximum absolute atomic E-state index is 14.0. The molecule has 1 N–H and O–H groups in total. The minimum absolute atomic E-state index is 0.0116. The molecular formula is C15H14ClFN4O3. The van der Waals surface area contributed by atoms with Gasteiger partial charge in [0.15, 0.2) is 5.69 Å². The van der Waals surface area contributed by atoms with Crippen molar-refractivity contribution in [2.45, 2.75) is 25.8 Å². The van der Waals surface area contributed by atoms with Gasteiger partial charge in [-0.05, 0) is 38.0 Å². The van der Waals surface area contributed by atoms with Gasteiger partial charge in [-0.1, -0.05) is 16.8 Å². The quantitative estimate of drug-likeness (QED) is 0.889. The molecule has 0 bridgehead atoms. The fourth-order valence-electron chi connectivity index (χ4n) is 2.44. The van der Waals surface area contributed by atoms with E-state index in [1.165, 1.54) is 21.7 Å². The first-order chi connectivity index (χ1) is 11.4. The first kappa shape index (κ1) is 16.4. The van der Waals surface area contributed by atoms with Crippen LogP contribution in [0.4, 0.5) is 4.39 Å². The second kappa shape index (κ2) is 6.20. The van der Waals surface area contributed by atoms with Crippen LogP contribution in [-0.4, -0.2) is 49.5 Å². The van der Waals surface area contributed by atoms with E-state index in [1.54, 1.807) is 6.92 Å². The number of benzene rings is 1. The molecule has 24 heavy (non-hydrogen) atoms. The Kier molecular flexibility index (Phi) is 4.23. The first-order valence-corrected chi connectivity index (χ1v) is 7.66. The molecular weight excluding hydrogens is 339 g/mol. The maximum atomic E-state index is 14.0. The van der Waals surface area contributed by atoms with Crippen molar-refractivity contribution in [1.29, 1.82) is 0 Å². The standard InChI is InChI=1S/C15H14ClFN4O3/c1-8-14(15(24)20(7-13(22)23)10-3-4-10)18-19-21(8)12-5-2-9(16)6-11(12)17/h2,5-6,10H,3-4,7H2,1H3,(H,22,23). The minimum Gasteiger partial charge on any atom is -0.480 e. The summed E-state index contributed by atoms with van der Waals surface area (Å²) in [5.74, 6) is -2.21. The van der Waals surface area contributed by atoms with Crippen LogP contribution in [0, 0.1) is 12.7 Å². The average molecular weight is 353 g/mol. The van der Waals surface area contributed by atoms with E-state index >= 15 is 0 Å². The molecule has 0 unspecified atom stereocenters. The fourth-order valence-corrected chi connectivity index (χ4v) is 2.60. The smallest absolute Gasteiger partial charge is 0.323 e. The van der Waals surface area contributed by atoms with Gasteiger partial charge >= 0.3 is 5.97 Å². The van der Waals surface area contributed by atoms with Crippen molar-refractivity contribution in [2.24, 2.45) is 0 Å². The minimum atomic E-state index is -1.09. The van der Waals surface area contributed by atoms with Crippen LogP contribution in [0.5, 0.6) is 0 Å². The summed E-state index contributed by atoms with van der Waals surface area (Å²) in [4.78, 5) is 24.8. The van der Waals surface area contributed by atoms with E-state index < -0.39 is 24.2 Å². The van der Waals surface area contributed by atoms with E-state index in [4.69, 9.17) is 16.7 Å². The molecule has 0 aliphatic heterocycles. The van der Waals surface area contributed by atoms with Crippen LogP contribution in [0.3, 0.4) is 0 Å². The number of carboxylic acids is 1. The molecule has 1 heterocycles. The number of aliphatic carboxylic acids is 1. The number of amides is 1. The van der Waals surface area contributed by atoms with Gasteiger partial charge in [-0.2, -0.15) is 0 Å². The third-order valence-electron chi connectivity index (χ3n) is 3.79. The van der Waals surface area contributed by atoms with Gasteiger partial charge in [-0.15, -0.1) is 5.10 Å². The van der Waals surface area contributed by atoms with Crippen LogP contribution in [-0.2, 0) is 4.79 Å². The summed E-state index contributed by atoms with van der Waals surface area (Å²) in [6, 6.07) is 3.98. The molecule has 1 aromatic heterocycles. The Morgan fingerprint density at radius 2 is 2.17 bits per heavy atom. The van der Waals surface area contributed by atoms with E-state index in [9.17, 15) is 14.0 Å². The normalized spacial score (nSPS) is 13.8. The molecule has 0 atom stereocenters. The van der Waals surface area contributed by atoms with Crippen LogP contribution >= 0.6 is 11.6 Å². The Labute approximate surface area is 141 Å². The number of carbonyl (C=O) groups is 2. The number of aromatic nitrogens is 3. The first-order valence-electron chi connectivity index (χ1n) is 7.29. The molecule has 1 fully saturated rings. The number of hydrogen-bond acceptors (Lipinski definition) is 4. The van der Waals surface area contributed by atoms with Gasteiger partial charge in [0.05, 0.1) is 5.69 Å². The Hall–Kier alpha value is -2.48. The van der Waals surface area contributed by atoms with Gasteiger partial charge in [-0.25, -0.2) is 9.07 Å². The second-order valence-corrected chi connectivity index (χ2v) is 6.03. The predicted molar refractivity (Wildman–Crippen MR) is 82.8 cm³/mol. The molecule has 0 saturated heterocycles. The molecule has 1 saturated carbocycles. The van der Waals surface area contributed by atoms with Crippen molar-refractivity contribution in [2.75, 3.05) is 6.54 Å². The summed E-state index contributed by atoms with van der Waals surface area (Å²) in [7, 11) is 0. The van der Waals surface area contributed by atoms with Gasteiger partial charge in [0.25, 0.3) is 5.91 Å². The molecule has 1 aromatic carbocycles. The Bertz CT molecular complexity index is 819. The molecule has 126 valence electrons. The van der Waals surface area contributed by atoms with Crippen LogP contribution in [0.2, 0.25) is 5.02 Å². The number of carbonyl (C=O) groups excluding carboxylic acids is 1. The topological polar surface area (TPSA) is 88.3 Å². The highest BCUT2D eigenvalue weighted by Crippen LogP contribution is 2.28. The van der Waals surface area contributed by atoms with Crippen molar-refractivity contribution < 1.29 is 19.1 Å². The average Bonchev–Trinajstić information content (AvgIpc) is 3.28. The molecule has 3 rings (SSSR count). The Morgan fingerprint density at radius 3 is 2.75 bits per heavy atom. The zero-order chi connectivity index (χ0) is 17.4. The van der Waals surface area contributed by atoms with E-state index in [0.717, 1.165) is 18.9 Å². The van der Waals surface area contributed by atoms with Crippen molar-refractivity contribution in [3.05, 3.63) is 40.4 Å². The van der Waals surface area contributed by atoms with Gasteiger partial charge in [0.1, 0.15) is 18.0 Å². The summed E-state index contributed by atoms with van der Waals surface area (Å²) in [5, 5.41) is 16.9. The largest absolute Gasteiger partial charge is 0.480 e. The number of rotatable bonds is 5. The SMILES string of the molecule is Cc1c(C(=O)N(CC(=O)O)C2CC2)nnn1-c1ccc(Cl)cc1F. The highest BCUT2D eigenvalue weighted by Gasteiger charge is 2.36. The lowest BCUT2D eigenvalue weighted by molar-refractivity contribution is -0.137. The zero-order valence-electron chi connectivity index (χ0n) is 12.7. The second-order valence-electron chi connectivity index (χ2n) is 5.59. The summed E-state index contributed by atoms with van der Waals surface area (Å²) >= 11 is 5.73. The third kappa shape index (κ3) is 3.09. The number of halogens is 2. The van der Waals surface area contributed by atoms with Gasteiger partial charge < -0.3 is 10.0 Å². The molecule has 9 heteroatoms. The molecule has 1 aliphatic rings. The van der Waals surface area contributed by atoms with Gasteiger partial charge in [0, 0.05) is 11.1 Å². The molecule has 7 nitrogen and oxygen atoms in total. The molecule has 0 radical (unpaired) electrons. The van der Waals surface area contributed by atoms with E-state index in [-0.39, 0.29) is 22.4 Å². The summed E-state index contributed by atoms with van der Waals surface area (Å²) < 4.78 is 15.2. The summed E-state index contributed by atoms with van der Waals surface area (Å²) in [6.45, 7) is 1.18. The predicted octanol–water partition coefficient (Wildman–Crippen LogP) is 2.06. The lowest BCUT2D eigenvalue weighted by atomic mass is 10.2. The highest BCUT2D eigenvalue weighted by molar-refractivity contribution is 6.30. The van der Waals surface area contributed by atoms with Gasteiger partial charge in [0.2, 0.25) is 0 Å². The summed E-state index contributed by atoms with van der Waals surface area (Å²) in [5.41, 5.74) is 0.453. The molecule has 0 spiro atoms. The highest BCUT2D eigenvalue weighted by atomic mass is 35.5.